The van der Waals surface area contributed by atoms with Crippen molar-refractivity contribution in [1.29, 1.82) is 0 Å². The van der Waals surface area contributed by atoms with Gasteiger partial charge in [-0.1, -0.05) is 0 Å². The minimum Gasteiger partial charge on any atom is -0.495 e. The summed E-state index contributed by atoms with van der Waals surface area (Å²) in [6.07, 6.45) is 0.826. The van der Waals surface area contributed by atoms with E-state index in [-0.39, 0.29) is 12.2 Å². The molecule has 0 spiro atoms. The number of carbonyl (C=O) groups is 1. The van der Waals surface area contributed by atoms with E-state index in [4.69, 9.17) is 23.9 Å². The Balaban J connectivity index is 1.57. The molecule has 1 aliphatic rings. The first-order chi connectivity index (χ1) is 19.0. The maximum absolute atomic E-state index is 12.2. The Morgan fingerprint density at radius 1 is 1.07 bits per heavy atom. The van der Waals surface area contributed by atoms with Crippen LogP contribution in [0.2, 0.25) is 0 Å². The minimum absolute atomic E-state index is 0.209. The number of pyridine rings is 1. The number of anilines is 2. The second-order valence-electron chi connectivity index (χ2n) is 11.3. The number of amides is 1. The number of aromatic nitrogens is 1. The van der Waals surface area contributed by atoms with E-state index in [0.717, 1.165) is 64.5 Å². The molecule has 1 aromatic heterocycles. The summed E-state index contributed by atoms with van der Waals surface area (Å²) in [6.45, 7) is 8.08. The van der Waals surface area contributed by atoms with Crippen LogP contribution in [-0.2, 0) is 9.47 Å². The molecule has 3 aromatic rings. The predicted octanol–water partition coefficient (Wildman–Crippen LogP) is 5.45. The maximum atomic E-state index is 12.2. The maximum Gasteiger partial charge on any atom is 0.410 e. The Labute approximate surface area is 237 Å². The lowest BCUT2D eigenvalue weighted by Gasteiger charge is -2.24. The number of likely N-dealkylation sites (N-methyl/N-ethyl adjacent to an activating group) is 1. The molecule has 4 rings (SSSR count). The largest absolute Gasteiger partial charge is 0.495 e. The molecule has 1 amide bonds. The van der Waals surface area contributed by atoms with Gasteiger partial charge in [0.1, 0.15) is 23.7 Å². The van der Waals surface area contributed by atoms with E-state index in [0.29, 0.717) is 13.2 Å². The van der Waals surface area contributed by atoms with Crippen LogP contribution in [0.15, 0.2) is 42.5 Å². The summed E-state index contributed by atoms with van der Waals surface area (Å²) in [6, 6.07) is 14.2. The number of fused-ring (bicyclic) bond motifs is 1. The van der Waals surface area contributed by atoms with Crippen LogP contribution in [-0.4, -0.2) is 89.3 Å². The molecule has 1 unspecified atom stereocenters. The van der Waals surface area contributed by atoms with Gasteiger partial charge in [0.05, 0.1) is 36.7 Å². The topological polar surface area (TPSA) is 76.6 Å². The molecule has 0 N–H and O–H groups in total. The third-order valence-electron chi connectivity index (χ3n) is 6.94. The van der Waals surface area contributed by atoms with Gasteiger partial charge in [-0.3, -0.25) is 0 Å². The zero-order chi connectivity index (χ0) is 29.0. The summed E-state index contributed by atoms with van der Waals surface area (Å²) in [4.78, 5) is 23.2. The van der Waals surface area contributed by atoms with E-state index in [1.54, 1.807) is 21.3 Å². The molecule has 1 saturated heterocycles. The minimum atomic E-state index is -0.529. The number of rotatable bonds is 9. The first-order valence-electron chi connectivity index (χ1n) is 13.6. The molecule has 216 valence electrons. The molecular formula is C31H42N4O5. The highest BCUT2D eigenvalue weighted by atomic mass is 16.6. The van der Waals surface area contributed by atoms with Crippen LogP contribution in [0, 0.1) is 0 Å². The summed E-state index contributed by atoms with van der Waals surface area (Å²) < 4.78 is 22.7. The van der Waals surface area contributed by atoms with Crippen LogP contribution in [0.25, 0.3) is 22.2 Å². The van der Waals surface area contributed by atoms with Gasteiger partial charge < -0.3 is 33.6 Å². The normalized spacial score (nSPS) is 15.3. The van der Waals surface area contributed by atoms with Crippen LogP contribution in [0.4, 0.5) is 16.2 Å². The van der Waals surface area contributed by atoms with Crippen molar-refractivity contribution < 1.29 is 23.7 Å². The van der Waals surface area contributed by atoms with E-state index >= 15 is 0 Å². The quantitative estimate of drug-likeness (QED) is 0.348. The molecule has 9 nitrogen and oxygen atoms in total. The molecule has 0 aliphatic carbocycles. The summed E-state index contributed by atoms with van der Waals surface area (Å²) >= 11 is 0. The molecule has 0 saturated carbocycles. The molecule has 1 aliphatic heterocycles. The van der Waals surface area contributed by atoms with E-state index in [1.807, 2.05) is 64.0 Å². The number of methoxy groups -OCH3 is 2. The zero-order valence-electron chi connectivity index (χ0n) is 25.0. The Kier molecular flexibility index (Phi) is 8.93. The molecule has 9 heteroatoms. The Morgan fingerprint density at radius 3 is 2.40 bits per heavy atom. The van der Waals surface area contributed by atoms with Crippen LogP contribution in [0.3, 0.4) is 0 Å². The SMILES string of the molecule is COc1cc2c(N3CCC(OC)C3)cc(-c3ccc(OCCN(C)C(=O)OC(C)(C)C)cc3)nc2cc1N(C)C. The summed E-state index contributed by atoms with van der Waals surface area (Å²) in [5.74, 6) is 1.54. The first-order valence-corrected chi connectivity index (χ1v) is 13.6. The molecule has 40 heavy (non-hydrogen) atoms. The van der Waals surface area contributed by atoms with Gasteiger partial charge in [0.15, 0.2) is 0 Å². The molecule has 2 heterocycles. The van der Waals surface area contributed by atoms with Gasteiger partial charge >= 0.3 is 6.09 Å². The van der Waals surface area contributed by atoms with Crippen molar-refractivity contribution in [1.82, 2.24) is 9.88 Å². The fourth-order valence-corrected chi connectivity index (χ4v) is 4.74. The second-order valence-corrected chi connectivity index (χ2v) is 11.3. The van der Waals surface area contributed by atoms with E-state index in [1.165, 1.54) is 4.90 Å². The van der Waals surface area contributed by atoms with Crippen molar-refractivity contribution in [2.75, 3.05) is 71.4 Å². The number of hydrogen-bond donors (Lipinski definition) is 0. The summed E-state index contributed by atoms with van der Waals surface area (Å²) in [7, 11) is 9.18. The molecule has 1 fully saturated rings. The molecule has 0 radical (unpaired) electrons. The highest BCUT2D eigenvalue weighted by Crippen LogP contribution is 2.39. The fraction of sp³-hybridized carbons (Fsp3) is 0.484. The average molecular weight is 551 g/mol. The third-order valence-corrected chi connectivity index (χ3v) is 6.94. The molecule has 2 aromatic carbocycles. The van der Waals surface area contributed by atoms with Gasteiger partial charge in [0, 0.05) is 58.0 Å². The molecular weight excluding hydrogens is 508 g/mol. The first kappa shape index (κ1) is 29.3. The number of hydrogen-bond acceptors (Lipinski definition) is 8. The standard InChI is InChI=1S/C31H42N4O5/c1-31(2,3)40-30(36)34(6)15-16-39-22-11-9-21(10-12-22)25-18-27(35-14-13-23(20-35)37-7)24-17-29(38-8)28(33(4)5)19-26(24)32-25/h9-12,17-19,23H,13-16,20H2,1-8H3. The van der Waals surface area contributed by atoms with Gasteiger partial charge in [-0.05, 0) is 69.7 Å². The van der Waals surface area contributed by atoms with Crippen molar-refractivity contribution in [3.05, 3.63) is 42.5 Å². The smallest absolute Gasteiger partial charge is 0.410 e. The lowest BCUT2D eigenvalue weighted by Crippen LogP contribution is -2.36. The van der Waals surface area contributed by atoms with Crippen LogP contribution in [0.5, 0.6) is 11.5 Å². The van der Waals surface area contributed by atoms with Gasteiger partial charge in [0.25, 0.3) is 0 Å². The second kappa shape index (κ2) is 12.2. The summed E-state index contributed by atoms with van der Waals surface area (Å²) in [5.41, 5.74) is 4.35. The number of nitrogens with zero attached hydrogens (tertiary/aromatic N) is 4. The van der Waals surface area contributed by atoms with Gasteiger partial charge in [0.2, 0.25) is 0 Å². The van der Waals surface area contributed by atoms with Crippen molar-refractivity contribution in [3.63, 3.8) is 0 Å². The van der Waals surface area contributed by atoms with Crippen LogP contribution in [0.1, 0.15) is 27.2 Å². The van der Waals surface area contributed by atoms with E-state index in [9.17, 15) is 4.79 Å². The highest BCUT2D eigenvalue weighted by Gasteiger charge is 2.25. The van der Waals surface area contributed by atoms with E-state index < -0.39 is 5.60 Å². The van der Waals surface area contributed by atoms with Crippen molar-refractivity contribution >= 4 is 28.4 Å². The van der Waals surface area contributed by atoms with E-state index in [2.05, 4.69) is 23.1 Å². The lowest BCUT2D eigenvalue weighted by atomic mass is 10.1. The number of ether oxygens (including phenoxy) is 4. The highest BCUT2D eigenvalue weighted by molar-refractivity contribution is 5.98. The Morgan fingerprint density at radius 2 is 1.80 bits per heavy atom. The van der Waals surface area contributed by atoms with Crippen LogP contribution >= 0.6 is 0 Å². The monoisotopic (exact) mass is 550 g/mol. The zero-order valence-corrected chi connectivity index (χ0v) is 25.0. The lowest BCUT2D eigenvalue weighted by molar-refractivity contribution is 0.0278. The van der Waals surface area contributed by atoms with Crippen LogP contribution < -0.4 is 19.3 Å². The number of carbonyl (C=O) groups excluding carboxylic acids is 1. The third kappa shape index (κ3) is 6.88. The fourth-order valence-electron chi connectivity index (χ4n) is 4.74. The number of benzene rings is 2. The predicted molar refractivity (Wildman–Crippen MR) is 160 cm³/mol. The van der Waals surface area contributed by atoms with Crippen molar-refractivity contribution in [2.24, 2.45) is 0 Å². The Bertz CT molecular complexity index is 1320. The van der Waals surface area contributed by atoms with Gasteiger partial charge in [-0.2, -0.15) is 0 Å². The van der Waals surface area contributed by atoms with Crippen molar-refractivity contribution in [3.8, 4) is 22.8 Å². The Hall–Kier alpha value is -3.72. The van der Waals surface area contributed by atoms with Crippen molar-refractivity contribution in [2.45, 2.75) is 38.9 Å². The van der Waals surface area contributed by atoms with Gasteiger partial charge in [-0.25, -0.2) is 9.78 Å². The average Bonchev–Trinajstić information content (AvgIpc) is 3.40. The molecule has 0 bridgehead atoms. The molecule has 1 atom stereocenters. The van der Waals surface area contributed by atoms with Gasteiger partial charge in [-0.15, -0.1) is 0 Å². The summed E-state index contributed by atoms with van der Waals surface area (Å²) in [5, 5.41) is 1.05.